The molecule has 0 saturated carbocycles. The third-order valence-corrected chi connectivity index (χ3v) is 3.80. The lowest BCUT2D eigenvalue weighted by molar-refractivity contribution is -0.419. The molecule has 0 aromatic heterocycles. The van der Waals surface area contributed by atoms with Crippen LogP contribution in [0.3, 0.4) is 0 Å². The molecule has 0 unspecified atom stereocenters. The molecule has 0 aliphatic rings. The molecule has 0 bridgehead atoms. The highest BCUT2D eigenvalue weighted by molar-refractivity contribution is 5.64. The van der Waals surface area contributed by atoms with Gasteiger partial charge >= 0.3 is 29.9 Å². The maximum Gasteiger partial charge on any atom is 0.460 e. The van der Waals surface area contributed by atoms with Crippen molar-refractivity contribution < 1.29 is 71.7 Å². The summed E-state index contributed by atoms with van der Waals surface area (Å²) in [6.07, 6.45) is -7.49. The molecule has 1 aromatic rings. The molecule has 0 radical (unpaired) electrons. The Kier molecular flexibility index (Phi) is 5.98. The third kappa shape index (κ3) is 4.29. The van der Waals surface area contributed by atoms with Crippen LogP contribution in [0.25, 0.3) is 5.76 Å². The van der Waals surface area contributed by atoms with Gasteiger partial charge in [0.15, 0.2) is 5.76 Å². The van der Waals surface area contributed by atoms with Crippen LogP contribution in [0.4, 0.5) is 52.7 Å². The lowest BCUT2D eigenvalue weighted by Crippen LogP contribution is -2.66. The summed E-state index contributed by atoms with van der Waals surface area (Å²) in [7, 11) is -3.98. The number of hydrogen-bond donors (Lipinski definition) is 2. The zero-order chi connectivity index (χ0) is 27.1. The van der Waals surface area contributed by atoms with Gasteiger partial charge in [-0.25, -0.2) is 4.39 Å². The van der Waals surface area contributed by atoms with Crippen LogP contribution in [0.1, 0.15) is 20.8 Å². The summed E-state index contributed by atoms with van der Waals surface area (Å²) in [6.45, 7) is -2.04. The van der Waals surface area contributed by atoms with E-state index >= 15 is 0 Å². The fourth-order valence-electron chi connectivity index (χ4n) is 2.16. The maximum atomic E-state index is 14.5. The van der Waals surface area contributed by atoms with Gasteiger partial charge in [-0.3, -0.25) is 0 Å². The number of ether oxygens (including phenoxy) is 1. The van der Waals surface area contributed by atoms with E-state index in [1.807, 2.05) is 0 Å². The predicted octanol–water partition coefficient (Wildman–Crippen LogP) is 5.06. The Balaban J connectivity index is 3.93. The first-order valence-electron chi connectivity index (χ1n) is 9.00. The number of hydrogen-bond acceptors (Lipinski definition) is 3. The van der Waals surface area contributed by atoms with E-state index in [2.05, 4.69) is 4.74 Å². The number of benzene rings is 1. The molecule has 0 aliphatic heterocycles. The number of halogens is 12. The van der Waals surface area contributed by atoms with Crippen LogP contribution in [-0.2, 0) is 18.0 Å². The lowest BCUT2D eigenvalue weighted by atomic mass is 9.95. The SMILES string of the molecule is [2H]C([2H])([2H])O/C(=C(/F)C(F)(F)C(F)(F)C(F)(F)C(F)(F)C(F)(F)F)c1cc(CO)cc(CO)c1. The number of aliphatic hydroxyl groups excluding tert-OH is 2. The Morgan fingerprint density at radius 1 is 0.806 bits per heavy atom. The fraction of sp³-hybridized carbons (Fsp3) is 0.500. The van der Waals surface area contributed by atoms with Gasteiger partial charge in [-0.15, -0.1) is 0 Å². The Hall–Kier alpha value is -2.16. The van der Waals surface area contributed by atoms with Crippen LogP contribution < -0.4 is 0 Å². The molecule has 1 rings (SSSR count). The van der Waals surface area contributed by atoms with Gasteiger partial charge in [0.25, 0.3) is 0 Å². The quantitative estimate of drug-likeness (QED) is 0.402. The highest BCUT2D eigenvalue weighted by Crippen LogP contribution is 2.59. The minimum absolute atomic E-state index is 0.399. The van der Waals surface area contributed by atoms with Crippen molar-refractivity contribution in [3.8, 4) is 0 Å². The van der Waals surface area contributed by atoms with Gasteiger partial charge in [0.05, 0.1) is 24.4 Å². The van der Waals surface area contributed by atoms with Gasteiger partial charge in [-0.05, 0) is 23.3 Å². The molecule has 0 heterocycles. The highest BCUT2D eigenvalue weighted by Gasteiger charge is 2.88. The Morgan fingerprint density at radius 2 is 1.26 bits per heavy atom. The fourth-order valence-corrected chi connectivity index (χ4v) is 2.16. The lowest BCUT2D eigenvalue weighted by Gasteiger charge is -2.36. The molecule has 0 atom stereocenters. The van der Waals surface area contributed by atoms with Crippen LogP contribution in [0.2, 0.25) is 0 Å². The molecule has 0 aliphatic carbocycles. The molecular formula is C16H12F12O3. The second-order valence-corrected chi connectivity index (χ2v) is 5.89. The van der Waals surface area contributed by atoms with Gasteiger partial charge in [0.2, 0.25) is 5.83 Å². The number of allylic oxidation sites excluding steroid dienone is 1. The van der Waals surface area contributed by atoms with Crippen molar-refractivity contribution in [2.75, 3.05) is 7.04 Å². The van der Waals surface area contributed by atoms with Crippen molar-refractivity contribution in [3.63, 3.8) is 0 Å². The molecule has 2 N–H and O–H groups in total. The average molecular weight is 483 g/mol. The van der Waals surface area contributed by atoms with Gasteiger partial charge in [0, 0.05) is 5.56 Å². The molecule has 0 saturated heterocycles. The second kappa shape index (κ2) is 8.41. The molecule has 3 nitrogen and oxygen atoms in total. The normalized spacial score (nSPS) is 16.9. The second-order valence-electron chi connectivity index (χ2n) is 5.89. The highest BCUT2D eigenvalue weighted by atomic mass is 19.4. The number of aliphatic hydroxyl groups is 2. The van der Waals surface area contributed by atoms with Crippen LogP contribution in [-0.4, -0.2) is 47.1 Å². The van der Waals surface area contributed by atoms with E-state index in [9.17, 15) is 52.7 Å². The van der Waals surface area contributed by atoms with E-state index in [-0.39, 0.29) is 0 Å². The van der Waals surface area contributed by atoms with Crippen LogP contribution in [0, 0.1) is 0 Å². The van der Waals surface area contributed by atoms with Crippen LogP contribution >= 0.6 is 0 Å². The molecule has 1 aromatic carbocycles. The van der Waals surface area contributed by atoms with Gasteiger partial charge < -0.3 is 14.9 Å². The van der Waals surface area contributed by atoms with Crippen molar-refractivity contribution in [3.05, 3.63) is 40.7 Å². The Bertz CT molecular complexity index is 904. The number of alkyl halides is 11. The van der Waals surface area contributed by atoms with Crippen molar-refractivity contribution >= 4 is 5.76 Å². The van der Waals surface area contributed by atoms with E-state index < -0.39 is 78.4 Å². The van der Waals surface area contributed by atoms with E-state index in [1.165, 1.54) is 0 Å². The minimum Gasteiger partial charge on any atom is -0.493 e. The van der Waals surface area contributed by atoms with Crippen molar-refractivity contribution in [2.45, 2.75) is 43.1 Å². The molecule has 31 heavy (non-hydrogen) atoms. The summed E-state index contributed by atoms with van der Waals surface area (Å²) in [5.74, 6) is -37.2. The molecule has 15 heteroatoms. The van der Waals surface area contributed by atoms with Gasteiger partial charge in [-0.2, -0.15) is 48.3 Å². The molecule has 0 fully saturated rings. The Labute approximate surface area is 169 Å². The Morgan fingerprint density at radius 3 is 1.61 bits per heavy atom. The standard InChI is InChI=1S/C16H12F12O3/c1-31-10(9-3-7(5-29)2-8(4-9)6-30)11(17)12(18,19)13(20,21)14(22,23)15(24,25)16(26,27)28/h2-4,29-30H,5-6H2,1H3/b11-10+/i1D3. The summed E-state index contributed by atoms with van der Waals surface area (Å²) < 4.78 is 184. The first-order chi connectivity index (χ1) is 15.0. The van der Waals surface area contributed by atoms with Crippen LogP contribution in [0.15, 0.2) is 24.0 Å². The zero-order valence-electron chi connectivity index (χ0n) is 17.5. The summed E-state index contributed by atoms with van der Waals surface area (Å²) in [5.41, 5.74) is -2.15. The maximum absolute atomic E-state index is 14.5. The predicted molar refractivity (Wildman–Crippen MR) is 79.2 cm³/mol. The smallest absolute Gasteiger partial charge is 0.460 e. The first kappa shape index (κ1) is 22.0. The largest absolute Gasteiger partial charge is 0.493 e. The number of rotatable bonds is 8. The molecule has 0 spiro atoms. The van der Waals surface area contributed by atoms with Crippen molar-refractivity contribution in [2.24, 2.45) is 0 Å². The topological polar surface area (TPSA) is 49.7 Å². The molecule has 0 amide bonds. The van der Waals surface area contributed by atoms with Crippen molar-refractivity contribution in [1.82, 2.24) is 0 Å². The summed E-state index contributed by atoms with van der Waals surface area (Å²) in [5, 5.41) is 18.2. The first-order valence-corrected chi connectivity index (χ1v) is 7.50. The van der Waals surface area contributed by atoms with E-state index in [0.29, 0.717) is 12.1 Å². The molecular weight excluding hydrogens is 468 g/mol. The van der Waals surface area contributed by atoms with Crippen LogP contribution in [0.5, 0.6) is 0 Å². The number of methoxy groups -OCH3 is 1. The summed E-state index contributed by atoms with van der Waals surface area (Å²) in [4.78, 5) is 0. The minimum atomic E-state index is -7.95. The van der Waals surface area contributed by atoms with E-state index in [4.69, 9.17) is 14.3 Å². The summed E-state index contributed by atoms with van der Waals surface area (Å²) >= 11 is 0. The van der Waals surface area contributed by atoms with E-state index in [0.717, 1.165) is 6.07 Å². The molecule has 178 valence electrons. The third-order valence-electron chi connectivity index (χ3n) is 3.80. The van der Waals surface area contributed by atoms with E-state index in [1.54, 1.807) is 0 Å². The van der Waals surface area contributed by atoms with Gasteiger partial charge in [-0.1, -0.05) is 6.07 Å². The average Bonchev–Trinajstić information content (AvgIpc) is 2.68. The summed E-state index contributed by atoms with van der Waals surface area (Å²) in [6, 6.07) is 1.70. The van der Waals surface area contributed by atoms with Gasteiger partial charge in [0.1, 0.15) is 0 Å². The monoisotopic (exact) mass is 483 g/mol. The zero-order valence-corrected chi connectivity index (χ0v) is 14.5. The van der Waals surface area contributed by atoms with Crippen molar-refractivity contribution in [1.29, 1.82) is 0 Å².